The van der Waals surface area contributed by atoms with Gasteiger partial charge in [-0.05, 0) is 50.6 Å². The van der Waals surface area contributed by atoms with E-state index in [0.29, 0.717) is 11.5 Å². The monoisotopic (exact) mass is 402 g/mol. The second kappa shape index (κ2) is 9.00. The zero-order valence-electron chi connectivity index (χ0n) is 17.1. The van der Waals surface area contributed by atoms with E-state index in [1.54, 1.807) is 12.4 Å². The number of urea groups is 1. The molecule has 0 spiro atoms. The molecule has 1 aliphatic heterocycles. The number of anilines is 1. The first kappa shape index (κ1) is 20.0. The summed E-state index contributed by atoms with van der Waals surface area (Å²) >= 11 is 0. The summed E-state index contributed by atoms with van der Waals surface area (Å²) in [5, 5.41) is 4.73. The number of amidine groups is 1. The van der Waals surface area contributed by atoms with Crippen molar-refractivity contribution >= 4 is 28.3 Å². The fraction of sp³-hybridized carbons (Fsp3) is 0.304. The summed E-state index contributed by atoms with van der Waals surface area (Å²) in [5.74, 6) is 0.447. The fourth-order valence-corrected chi connectivity index (χ4v) is 3.94. The number of aliphatic imine (C=N–C) groups is 1. The third-order valence-electron chi connectivity index (χ3n) is 5.41. The SMILES string of the molecule is Cc1cccc(CN2CCCC(/C(N)=N/C(=O)Nc3cccc4cnccc34)C2)n1. The van der Waals surface area contributed by atoms with Crippen LogP contribution in [0.4, 0.5) is 10.5 Å². The molecule has 2 amide bonds. The van der Waals surface area contributed by atoms with Gasteiger partial charge in [-0.2, -0.15) is 4.99 Å². The number of nitrogens with zero attached hydrogens (tertiary/aromatic N) is 4. The largest absolute Gasteiger partial charge is 0.387 e. The van der Waals surface area contributed by atoms with Crippen LogP contribution in [0.1, 0.15) is 24.2 Å². The van der Waals surface area contributed by atoms with E-state index in [-0.39, 0.29) is 5.92 Å². The Kier molecular flexibility index (Phi) is 5.99. The van der Waals surface area contributed by atoms with Gasteiger partial charge in [0.25, 0.3) is 0 Å². The molecule has 0 saturated carbocycles. The molecule has 2 aromatic heterocycles. The number of rotatable bonds is 4. The van der Waals surface area contributed by atoms with Crippen LogP contribution in [0.3, 0.4) is 0 Å². The molecule has 0 radical (unpaired) electrons. The highest BCUT2D eigenvalue weighted by atomic mass is 16.2. The third kappa shape index (κ3) is 4.80. The van der Waals surface area contributed by atoms with Crippen LogP contribution in [0, 0.1) is 12.8 Å². The first-order valence-electron chi connectivity index (χ1n) is 10.2. The molecule has 1 aromatic carbocycles. The number of carbonyl (C=O) groups is 1. The van der Waals surface area contributed by atoms with Gasteiger partial charge < -0.3 is 11.1 Å². The van der Waals surface area contributed by atoms with Crippen molar-refractivity contribution in [2.24, 2.45) is 16.6 Å². The molecule has 0 aliphatic carbocycles. The lowest BCUT2D eigenvalue weighted by Gasteiger charge is -2.32. The van der Waals surface area contributed by atoms with Crippen LogP contribution >= 0.6 is 0 Å². The molecule has 1 saturated heterocycles. The van der Waals surface area contributed by atoms with Crippen LogP contribution in [0.15, 0.2) is 59.9 Å². The van der Waals surface area contributed by atoms with Crippen LogP contribution in [0.2, 0.25) is 0 Å². The molecule has 1 atom stereocenters. The molecule has 1 unspecified atom stereocenters. The van der Waals surface area contributed by atoms with Gasteiger partial charge in [0.2, 0.25) is 0 Å². The zero-order chi connectivity index (χ0) is 20.9. The van der Waals surface area contributed by atoms with E-state index in [1.165, 1.54) is 0 Å². The summed E-state index contributed by atoms with van der Waals surface area (Å²) in [6, 6.07) is 13.2. The maximum absolute atomic E-state index is 12.5. The van der Waals surface area contributed by atoms with Crippen molar-refractivity contribution in [2.45, 2.75) is 26.3 Å². The predicted octanol–water partition coefficient (Wildman–Crippen LogP) is 3.74. The Hall–Kier alpha value is -3.32. The Morgan fingerprint density at radius 1 is 1.27 bits per heavy atom. The van der Waals surface area contributed by atoms with Crippen molar-refractivity contribution in [3.8, 4) is 0 Å². The summed E-state index contributed by atoms with van der Waals surface area (Å²) in [5.41, 5.74) is 9.00. The number of pyridine rings is 2. The van der Waals surface area contributed by atoms with Crippen molar-refractivity contribution < 1.29 is 4.79 Å². The minimum absolute atomic E-state index is 0.0611. The van der Waals surface area contributed by atoms with Gasteiger partial charge in [0.1, 0.15) is 5.84 Å². The van der Waals surface area contributed by atoms with Crippen molar-refractivity contribution in [1.29, 1.82) is 0 Å². The Labute approximate surface area is 176 Å². The maximum atomic E-state index is 12.5. The van der Waals surface area contributed by atoms with E-state index < -0.39 is 6.03 Å². The van der Waals surface area contributed by atoms with Gasteiger partial charge in [-0.3, -0.25) is 14.9 Å². The van der Waals surface area contributed by atoms with Crippen LogP contribution in [0.25, 0.3) is 10.8 Å². The van der Waals surface area contributed by atoms with Gasteiger partial charge in [0, 0.05) is 47.9 Å². The molecular weight excluding hydrogens is 376 g/mol. The average Bonchev–Trinajstić information content (AvgIpc) is 2.74. The van der Waals surface area contributed by atoms with E-state index in [9.17, 15) is 4.79 Å². The van der Waals surface area contributed by atoms with Crippen molar-refractivity contribution in [2.75, 3.05) is 18.4 Å². The van der Waals surface area contributed by atoms with E-state index in [1.807, 2.05) is 49.4 Å². The van der Waals surface area contributed by atoms with Gasteiger partial charge in [-0.15, -0.1) is 0 Å². The average molecular weight is 403 g/mol. The topological polar surface area (TPSA) is 96.5 Å². The summed E-state index contributed by atoms with van der Waals surface area (Å²) in [4.78, 5) is 27.7. The van der Waals surface area contributed by atoms with Gasteiger partial charge in [0.15, 0.2) is 0 Å². The highest BCUT2D eigenvalue weighted by Crippen LogP contribution is 2.23. The first-order chi connectivity index (χ1) is 14.6. The summed E-state index contributed by atoms with van der Waals surface area (Å²) in [7, 11) is 0. The van der Waals surface area contributed by atoms with Gasteiger partial charge in [0.05, 0.1) is 11.4 Å². The van der Waals surface area contributed by atoms with E-state index in [0.717, 1.165) is 54.6 Å². The number of amides is 2. The Bertz CT molecular complexity index is 1070. The minimum Gasteiger partial charge on any atom is -0.387 e. The lowest BCUT2D eigenvalue weighted by Crippen LogP contribution is -2.41. The van der Waals surface area contributed by atoms with E-state index >= 15 is 0 Å². The molecule has 7 heteroatoms. The van der Waals surface area contributed by atoms with Crippen LogP contribution in [-0.2, 0) is 6.54 Å². The Morgan fingerprint density at radius 2 is 2.13 bits per heavy atom. The number of benzene rings is 1. The Morgan fingerprint density at radius 3 is 3.00 bits per heavy atom. The molecule has 3 N–H and O–H groups in total. The van der Waals surface area contributed by atoms with Gasteiger partial charge in [-0.25, -0.2) is 4.79 Å². The minimum atomic E-state index is -0.450. The number of fused-ring (bicyclic) bond motifs is 1. The van der Waals surface area contributed by atoms with Crippen LogP contribution in [0.5, 0.6) is 0 Å². The molecule has 0 bridgehead atoms. The molecular formula is C23H26N6O. The molecule has 30 heavy (non-hydrogen) atoms. The standard InChI is InChI=1S/C23H26N6O/c1-16-5-2-8-19(26-16)15-29-12-4-7-18(14-29)22(24)28-23(30)27-21-9-3-6-17-13-25-11-10-20(17)21/h2-3,5-6,8-11,13,18H,4,7,12,14-15H2,1H3,(H3,24,27,28,30). The number of piperidine rings is 1. The second-order valence-electron chi connectivity index (χ2n) is 7.71. The van der Waals surface area contributed by atoms with Gasteiger partial charge in [-0.1, -0.05) is 18.2 Å². The third-order valence-corrected chi connectivity index (χ3v) is 5.41. The molecule has 154 valence electrons. The number of aryl methyl sites for hydroxylation is 1. The van der Waals surface area contributed by atoms with Crippen LogP contribution < -0.4 is 11.1 Å². The highest BCUT2D eigenvalue weighted by Gasteiger charge is 2.23. The lowest BCUT2D eigenvalue weighted by molar-refractivity contribution is 0.194. The number of nitrogens with one attached hydrogen (secondary N) is 1. The maximum Gasteiger partial charge on any atom is 0.347 e. The van der Waals surface area contributed by atoms with Crippen molar-refractivity contribution in [3.63, 3.8) is 0 Å². The number of hydrogen-bond acceptors (Lipinski definition) is 4. The van der Waals surface area contributed by atoms with Crippen LogP contribution in [-0.4, -0.2) is 39.8 Å². The van der Waals surface area contributed by atoms with Crippen molar-refractivity contribution in [1.82, 2.24) is 14.9 Å². The lowest BCUT2D eigenvalue weighted by atomic mass is 9.97. The van der Waals surface area contributed by atoms with E-state index in [4.69, 9.17) is 5.73 Å². The Balaban J connectivity index is 1.41. The molecule has 3 heterocycles. The summed E-state index contributed by atoms with van der Waals surface area (Å²) < 4.78 is 0. The predicted molar refractivity (Wildman–Crippen MR) is 119 cm³/mol. The van der Waals surface area contributed by atoms with Crippen molar-refractivity contribution in [3.05, 3.63) is 66.2 Å². The second-order valence-corrected chi connectivity index (χ2v) is 7.71. The number of carbonyl (C=O) groups excluding carboxylic acids is 1. The normalized spacial score (nSPS) is 17.8. The number of aromatic nitrogens is 2. The first-order valence-corrected chi connectivity index (χ1v) is 10.2. The summed E-state index contributed by atoms with van der Waals surface area (Å²) in [6.45, 7) is 4.55. The molecule has 1 fully saturated rings. The molecule has 4 rings (SSSR count). The summed E-state index contributed by atoms with van der Waals surface area (Å²) in [6.07, 6.45) is 5.42. The molecule has 7 nitrogen and oxygen atoms in total. The fourth-order valence-electron chi connectivity index (χ4n) is 3.94. The highest BCUT2D eigenvalue weighted by molar-refractivity contribution is 6.05. The van der Waals surface area contributed by atoms with Gasteiger partial charge >= 0.3 is 6.03 Å². The molecule has 1 aliphatic rings. The number of likely N-dealkylation sites (tertiary alicyclic amines) is 1. The quantitative estimate of drug-likeness (QED) is 0.512. The number of nitrogens with two attached hydrogens (primary N) is 1. The number of hydrogen-bond donors (Lipinski definition) is 2. The smallest absolute Gasteiger partial charge is 0.347 e. The van der Waals surface area contributed by atoms with E-state index in [2.05, 4.69) is 25.2 Å². The zero-order valence-corrected chi connectivity index (χ0v) is 17.1. The molecule has 3 aromatic rings.